The van der Waals surface area contributed by atoms with Crippen LogP contribution >= 0.6 is 0 Å². The second kappa shape index (κ2) is 7.22. The molecule has 8 heteroatoms. The Morgan fingerprint density at radius 2 is 1.96 bits per heavy atom. The van der Waals surface area contributed by atoms with Crippen molar-refractivity contribution in [3.05, 3.63) is 35.9 Å². The van der Waals surface area contributed by atoms with Gasteiger partial charge < -0.3 is 15.7 Å². The molecule has 0 bridgehead atoms. The van der Waals surface area contributed by atoms with Gasteiger partial charge in [0, 0.05) is 19.6 Å². The first-order chi connectivity index (χ1) is 11.7. The lowest BCUT2D eigenvalue weighted by molar-refractivity contribution is 0.208. The summed E-state index contributed by atoms with van der Waals surface area (Å²) in [5, 5.41) is 24.1. The normalized spacial score (nSPS) is 12.3. The van der Waals surface area contributed by atoms with Crippen LogP contribution in [0.3, 0.4) is 0 Å². The molecule has 126 valence electrons. The van der Waals surface area contributed by atoms with E-state index >= 15 is 0 Å². The highest BCUT2D eigenvalue weighted by Gasteiger charge is 2.14. The smallest absolute Gasteiger partial charge is 0.226 e. The van der Waals surface area contributed by atoms with Crippen molar-refractivity contribution in [2.24, 2.45) is 0 Å². The minimum atomic E-state index is -0.487. The maximum absolute atomic E-state index is 9.45. The number of aryl methyl sites for hydroxylation is 1. The average Bonchev–Trinajstić information content (AvgIpc) is 3.02. The Balaban J connectivity index is 1.90. The van der Waals surface area contributed by atoms with Crippen LogP contribution in [-0.4, -0.2) is 42.7 Å². The molecule has 0 aliphatic carbocycles. The number of nitrogens with zero attached hydrogens (tertiary/aromatic N) is 5. The second-order valence-electron chi connectivity index (χ2n) is 5.54. The molecule has 0 spiro atoms. The number of benzene rings is 1. The molecule has 0 radical (unpaired) electrons. The molecule has 0 fully saturated rings. The highest BCUT2D eigenvalue weighted by molar-refractivity contribution is 5.83. The Morgan fingerprint density at radius 1 is 1.17 bits per heavy atom. The van der Waals surface area contributed by atoms with Crippen LogP contribution in [0.15, 0.2) is 30.3 Å². The number of hydrogen-bond donors (Lipinski definition) is 3. The molecular formula is C16H21N7O. The molecule has 8 nitrogen and oxygen atoms in total. The lowest BCUT2D eigenvalue weighted by atomic mass is 10.2. The highest BCUT2D eigenvalue weighted by atomic mass is 16.3. The fraction of sp³-hybridized carbons (Fsp3) is 0.375. The van der Waals surface area contributed by atoms with Gasteiger partial charge in [-0.25, -0.2) is 4.68 Å². The summed E-state index contributed by atoms with van der Waals surface area (Å²) in [4.78, 5) is 8.93. The van der Waals surface area contributed by atoms with E-state index in [1.165, 1.54) is 0 Å². The zero-order valence-electron chi connectivity index (χ0n) is 13.8. The van der Waals surface area contributed by atoms with Crippen LogP contribution in [0.2, 0.25) is 0 Å². The number of nitrogens with one attached hydrogen (secondary N) is 2. The van der Waals surface area contributed by atoms with Gasteiger partial charge >= 0.3 is 0 Å². The van der Waals surface area contributed by atoms with E-state index in [4.69, 9.17) is 0 Å². The fourth-order valence-electron chi connectivity index (χ4n) is 2.29. The summed E-state index contributed by atoms with van der Waals surface area (Å²) < 4.78 is 1.72. The Labute approximate surface area is 139 Å². The first-order valence-corrected chi connectivity index (χ1v) is 7.98. The summed E-state index contributed by atoms with van der Waals surface area (Å²) in [7, 11) is 0. The summed E-state index contributed by atoms with van der Waals surface area (Å²) in [5.41, 5.74) is 2.44. The second-order valence-corrected chi connectivity index (χ2v) is 5.54. The van der Waals surface area contributed by atoms with Crippen LogP contribution in [0, 0.1) is 0 Å². The molecule has 3 rings (SSSR count). The minimum absolute atomic E-state index is 0.372. The van der Waals surface area contributed by atoms with Crippen LogP contribution in [0.1, 0.15) is 19.4 Å². The van der Waals surface area contributed by atoms with Gasteiger partial charge in [-0.15, -0.1) is 5.10 Å². The Hall–Kier alpha value is -2.74. The van der Waals surface area contributed by atoms with Gasteiger partial charge in [0.1, 0.15) is 0 Å². The number of aliphatic hydroxyl groups is 1. The van der Waals surface area contributed by atoms with Gasteiger partial charge in [0.25, 0.3) is 0 Å². The fourth-order valence-corrected chi connectivity index (χ4v) is 2.29. The van der Waals surface area contributed by atoms with Crippen molar-refractivity contribution in [1.82, 2.24) is 25.0 Å². The van der Waals surface area contributed by atoms with Gasteiger partial charge in [0.05, 0.1) is 6.10 Å². The summed E-state index contributed by atoms with van der Waals surface area (Å²) in [5.74, 6) is 1.06. The molecule has 1 aromatic carbocycles. The Morgan fingerprint density at radius 3 is 2.67 bits per heavy atom. The van der Waals surface area contributed by atoms with Gasteiger partial charge in [0.15, 0.2) is 17.0 Å². The molecule has 0 saturated carbocycles. The van der Waals surface area contributed by atoms with E-state index in [9.17, 15) is 5.11 Å². The van der Waals surface area contributed by atoms with Crippen LogP contribution in [0.4, 0.5) is 11.8 Å². The van der Waals surface area contributed by atoms with Gasteiger partial charge in [-0.2, -0.15) is 9.97 Å². The van der Waals surface area contributed by atoms with E-state index < -0.39 is 6.10 Å². The van der Waals surface area contributed by atoms with E-state index in [-0.39, 0.29) is 0 Å². The molecule has 1 unspecified atom stereocenters. The summed E-state index contributed by atoms with van der Waals surface area (Å²) >= 11 is 0. The quantitative estimate of drug-likeness (QED) is 0.606. The van der Waals surface area contributed by atoms with Crippen molar-refractivity contribution in [3.63, 3.8) is 0 Å². The molecular weight excluding hydrogens is 306 g/mol. The topological polar surface area (TPSA) is 101 Å². The molecule has 1 atom stereocenters. The molecule has 0 aliphatic rings. The van der Waals surface area contributed by atoms with Crippen LogP contribution in [-0.2, 0) is 13.1 Å². The largest absolute Gasteiger partial charge is 0.392 e. The molecule has 0 aliphatic heterocycles. The number of rotatable bonds is 7. The Kier molecular flexibility index (Phi) is 4.85. The third-order valence-corrected chi connectivity index (χ3v) is 3.52. The molecule has 3 aromatic rings. The number of hydrogen-bond acceptors (Lipinski definition) is 7. The van der Waals surface area contributed by atoms with Crippen molar-refractivity contribution < 1.29 is 5.11 Å². The van der Waals surface area contributed by atoms with Crippen LogP contribution in [0.5, 0.6) is 0 Å². The SMILES string of the molecule is CCn1nnc2c(NCc3ccccc3)nc(NCC(C)O)nc21. The van der Waals surface area contributed by atoms with Gasteiger partial charge in [-0.3, -0.25) is 0 Å². The lowest BCUT2D eigenvalue weighted by Gasteiger charge is -2.10. The third-order valence-electron chi connectivity index (χ3n) is 3.52. The number of fused-ring (bicyclic) bond motifs is 1. The molecule has 0 amide bonds. The molecule has 2 heterocycles. The van der Waals surface area contributed by atoms with Gasteiger partial charge in [-0.1, -0.05) is 35.5 Å². The lowest BCUT2D eigenvalue weighted by Crippen LogP contribution is -2.17. The monoisotopic (exact) mass is 327 g/mol. The van der Waals surface area contributed by atoms with Crippen molar-refractivity contribution in [2.75, 3.05) is 17.2 Å². The molecule has 2 aromatic heterocycles. The minimum Gasteiger partial charge on any atom is -0.392 e. The van der Waals surface area contributed by atoms with Crippen molar-refractivity contribution in [2.45, 2.75) is 33.0 Å². The zero-order chi connectivity index (χ0) is 16.9. The van der Waals surface area contributed by atoms with Crippen molar-refractivity contribution >= 4 is 22.9 Å². The van der Waals surface area contributed by atoms with Crippen LogP contribution < -0.4 is 10.6 Å². The zero-order valence-corrected chi connectivity index (χ0v) is 13.8. The van der Waals surface area contributed by atoms with E-state index in [1.807, 2.05) is 37.3 Å². The number of aliphatic hydroxyl groups excluding tert-OH is 1. The summed E-state index contributed by atoms with van der Waals surface area (Å²) in [6.45, 7) is 5.36. The number of aromatic nitrogens is 5. The number of anilines is 2. The van der Waals surface area contributed by atoms with Gasteiger partial charge in [-0.05, 0) is 19.4 Å². The summed E-state index contributed by atoms with van der Waals surface area (Å²) in [6, 6.07) is 10.1. The first kappa shape index (κ1) is 16.1. The van der Waals surface area contributed by atoms with E-state index in [0.29, 0.717) is 42.6 Å². The maximum atomic E-state index is 9.45. The van der Waals surface area contributed by atoms with E-state index in [0.717, 1.165) is 5.56 Å². The van der Waals surface area contributed by atoms with E-state index in [1.54, 1.807) is 11.6 Å². The maximum Gasteiger partial charge on any atom is 0.226 e. The predicted octanol–water partition coefficient (Wildman–Crippen LogP) is 1.65. The van der Waals surface area contributed by atoms with Crippen molar-refractivity contribution in [1.29, 1.82) is 0 Å². The molecule has 24 heavy (non-hydrogen) atoms. The predicted molar refractivity (Wildman–Crippen MR) is 92.7 cm³/mol. The van der Waals surface area contributed by atoms with Crippen molar-refractivity contribution in [3.8, 4) is 0 Å². The van der Waals surface area contributed by atoms with Gasteiger partial charge in [0.2, 0.25) is 5.95 Å². The standard InChI is InChI=1S/C16H21N7O/c1-3-23-15-13(21-22-23)14(17-10-12-7-5-4-6-8-12)19-16(20-15)18-9-11(2)24/h4-8,11,24H,3,9-10H2,1-2H3,(H2,17,18,19,20). The Bertz CT molecular complexity index is 801. The highest BCUT2D eigenvalue weighted by Crippen LogP contribution is 2.20. The first-order valence-electron chi connectivity index (χ1n) is 7.98. The van der Waals surface area contributed by atoms with Crippen LogP contribution in [0.25, 0.3) is 11.2 Å². The molecule has 0 saturated heterocycles. The molecule has 3 N–H and O–H groups in total. The summed E-state index contributed by atoms with van der Waals surface area (Å²) in [6.07, 6.45) is -0.487. The average molecular weight is 327 g/mol. The third kappa shape index (κ3) is 3.60. The van der Waals surface area contributed by atoms with E-state index in [2.05, 4.69) is 30.9 Å².